The van der Waals surface area contributed by atoms with Gasteiger partial charge in [-0.2, -0.15) is 13.2 Å². The Morgan fingerprint density at radius 3 is 2.44 bits per heavy atom. The van der Waals surface area contributed by atoms with Crippen LogP contribution in [-0.4, -0.2) is 15.6 Å². The van der Waals surface area contributed by atoms with Crippen LogP contribution < -0.4 is 10.6 Å². The first-order chi connectivity index (χ1) is 11.9. The van der Waals surface area contributed by atoms with E-state index >= 15 is 0 Å². The lowest BCUT2D eigenvalue weighted by molar-refractivity contribution is -0.137. The lowest BCUT2D eigenvalue weighted by atomic mass is 10.1. The first-order valence-corrected chi connectivity index (χ1v) is 7.26. The van der Waals surface area contributed by atoms with Gasteiger partial charge in [0.1, 0.15) is 0 Å². The Morgan fingerprint density at radius 1 is 1.04 bits per heavy atom. The summed E-state index contributed by atoms with van der Waals surface area (Å²) in [6.07, 6.45) is -0.0168. The molecule has 0 fully saturated rings. The fourth-order valence-corrected chi connectivity index (χ4v) is 2.25. The highest BCUT2D eigenvalue weighted by Gasteiger charge is 2.31. The lowest BCUT2D eigenvalue weighted by Gasteiger charge is -2.15. The number of urea groups is 1. The van der Waals surface area contributed by atoms with E-state index in [1.54, 1.807) is 36.5 Å². The molecule has 2 amide bonds. The first-order valence-electron chi connectivity index (χ1n) is 7.26. The lowest BCUT2D eigenvalue weighted by Crippen LogP contribution is -2.21. The number of aromatic nitrogens is 2. The standard InChI is InChI=1S/C17H13F3N4O/c18-17(19,20)12-6-7-15(24-9-8-21-11-24)14(10-12)23-16(25)22-13-4-2-1-3-5-13/h1-11H,(H2,22,23,25). The van der Waals surface area contributed by atoms with Crippen molar-refractivity contribution in [2.45, 2.75) is 6.18 Å². The molecule has 0 saturated heterocycles. The second-order valence-electron chi connectivity index (χ2n) is 5.14. The predicted molar refractivity (Wildman–Crippen MR) is 87.6 cm³/mol. The molecule has 8 heteroatoms. The number of carbonyl (C=O) groups is 1. The van der Waals surface area contributed by atoms with Gasteiger partial charge in [0.25, 0.3) is 0 Å². The SMILES string of the molecule is O=C(Nc1ccccc1)Nc1cc(C(F)(F)F)ccc1-n1ccnc1. The molecule has 0 radical (unpaired) electrons. The number of carbonyl (C=O) groups excluding carboxylic acids is 1. The second kappa shape index (κ2) is 6.68. The number of nitrogens with zero attached hydrogens (tertiary/aromatic N) is 2. The molecule has 0 atom stereocenters. The highest BCUT2D eigenvalue weighted by Crippen LogP contribution is 2.33. The fraction of sp³-hybridized carbons (Fsp3) is 0.0588. The normalized spacial score (nSPS) is 11.2. The van der Waals surface area contributed by atoms with Gasteiger partial charge < -0.3 is 15.2 Å². The van der Waals surface area contributed by atoms with Crippen LogP contribution in [0.5, 0.6) is 0 Å². The van der Waals surface area contributed by atoms with Gasteiger partial charge in [0.2, 0.25) is 0 Å². The maximum Gasteiger partial charge on any atom is 0.416 e. The quantitative estimate of drug-likeness (QED) is 0.732. The van der Waals surface area contributed by atoms with E-state index in [9.17, 15) is 18.0 Å². The van der Waals surface area contributed by atoms with Crippen LogP contribution in [0.4, 0.5) is 29.3 Å². The molecule has 0 unspecified atom stereocenters. The molecule has 128 valence electrons. The number of benzene rings is 2. The molecule has 0 aliphatic carbocycles. The third-order valence-corrected chi connectivity index (χ3v) is 3.39. The molecule has 3 aromatic rings. The van der Waals surface area contributed by atoms with Crippen molar-refractivity contribution < 1.29 is 18.0 Å². The number of amides is 2. The summed E-state index contributed by atoms with van der Waals surface area (Å²) in [5.74, 6) is 0. The van der Waals surface area contributed by atoms with Crippen LogP contribution in [0.1, 0.15) is 5.56 Å². The third-order valence-electron chi connectivity index (χ3n) is 3.39. The maximum absolute atomic E-state index is 13.0. The van der Waals surface area contributed by atoms with E-state index in [0.717, 1.165) is 12.1 Å². The zero-order chi connectivity index (χ0) is 17.9. The van der Waals surface area contributed by atoms with Crippen LogP contribution >= 0.6 is 0 Å². The summed E-state index contributed by atoms with van der Waals surface area (Å²) in [4.78, 5) is 16.0. The Labute approximate surface area is 141 Å². The van der Waals surface area contributed by atoms with Crippen molar-refractivity contribution in [1.29, 1.82) is 0 Å². The van der Waals surface area contributed by atoms with Crippen LogP contribution in [-0.2, 0) is 6.18 Å². The molecule has 0 aliphatic rings. The molecule has 25 heavy (non-hydrogen) atoms. The molecule has 5 nitrogen and oxygen atoms in total. The average Bonchev–Trinajstić information content (AvgIpc) is 3.09. The number of nitrogens with one attached hydrogen (secondary N) is 2. The smallest absolute Gasteiger partial charge is 0.308 e. The van der Waals surface area contributed by atoms with Crippen molar-refractivity contribution in [3.8, 4) is 5.69 Å². The molecule has 0 bridgehead atoms. The molecule has 0 spiro atoms. The monoisotopic (exact) mass is 346 g/mol. The van der Waals surface area contributed by atoms with Gasteiger partial charge in [-0.05, 0) is 30.3 Å². The largest absolute Gasteiger partial charge is 0.416 e. The minimum atomic E-state index is -4.51. The van der Waals surface area contributed by atoms with E-state index in [1.165, 1.54) is 23.2 Å². The minimum Gasteiger partial charge on any atom is -0.308 e. The summed E-state index contributed by atoms with van der Waals surface area (Å²) in [7, 11) is 0. The van der Waals surface area contributed by atoms with Gasteiger partial charge in [-0.3, -0.25) is 0 Å². The van der Waals surface area contributed by atoms with Gasteiger partial charge >= 0.3 is 12.2 Å². The number of anilines is 2. The van der Waals surface area contributed by atoms with E-state index in [1.807, 2.05) is 0 Å². The zero-order valence-electron chi connectivity index (χ0n) is 12.8. The van der Waals surface area contributed by atoms with Crippen LogP contribution in [0.25, 0.3) is 5.69 Å². The molecule has 2 aromatic carbocycles. The summed E-state index contributed by atoms with van der Waals surface area (Å²) >= 11 is 0. The third kappa shape index (κ3) is 3.97. The van der Waals surface area contributed by atoms with E-state index in [-0.39, 0.29) is 5.69 Å². The van der Waals surface area contributed by atoms with E-state index < -0.39 is 17.8 Å². The van der Waals surface area contributed by atoms with Gasteiger partial charge in [0, 0.05) is 18.1 Å². The summed E-state index contributed by atoms with van der Waals surface area (Å²) in [6, 6.07) is 11.1. The highest BCUT2D eigenvalue weighted by molar-refractivity contribution is 6.01. The highest BCUT2D eigenvalue weighted by atomic mass is 19.4. The number of hydrogen-bond donors (Lipinski definition) is 2. The summed E-state index contributed by atoms with van der Waals surface area (Å²) in [5.41, 5.74) is 0.0532. The number of halogens is 3. The van der Waals surface area contributed by atoms with Crippen molar-refractivity contribution in [1.82, 2.24) is 9.55 Å². The molecular formula is C17H13F3N4O. The molecule has 0 aliphatic heterocycles. The summed E-state index contributed by atoms with van der Waals surface area (Å²) in [6.45, 7) is 0. The van der Waals surface area contributed by atoms with Gasteiger partial charge in [-0.15, -0.1) is 0 Å². The van der Waals surface area contributed by atoms with E-state index in [2.05, 4.69) is 15.6 Å². The Morgan fingerprint density at radius 2 is 1.80 bits per heavy atom. The maximum atomic E-state index is 13.0. The van der Waals surface area contributed by atoms with E-state index in [0.29, 0.717) is 11.4 Å². The van der Waals surface area contributed by atoms with Crippen molar-refractivity contribution >= 4 is 17.4 Å². The number of alkyl halides is 3. The fourth-order valence-electron chi connectivity index (χ4n) is 2.25. The Balaban J connectivity index is 1.90. The van der Waals surface area contributed by atoms with Crippen LogP contribution in [0.2, 0.25) is 0 Å². The van der Waals surface area contributed by atoms with Gasteiger partial charge in [0.05, 0.1) is 23.3 Å². The molecule has 0 saturated carbocycles. The Kier molecular flexibility index (Phi) is 4.42. The number of imidazole rings is 1. The first kappa shape index (κ1) is 16.6. The Hall–Kier alpha value is -3.29. The number of rotatable bonds is 3. The van der Waals surface area contributed by atoms with Crippen LogP contribution in [0, 0.1) is 0 Å². The van der Waals surface area contributed by atoms with Crippen molar-refractivity contribution in [2.75, 3.05) is 10.6 Å². The zero-order valence-corrected chi connectivity index (χ0v) is 12.8. The molecule has 1 heterocycles. The predicted octanol–water partition coefficient (Wildman–Crippen LogP) is 4.54. The number of para-hydroxylation sites is 1. The second-order valence-corrected chi connectivity index (χ2v) is 5.14. The number of hydrogen-bond acceptors (Lipinski definition) is 2. The molecular weight excluding hydrogens is 333 g/mol. The van der Waals surface area contributed by atoms with Crippen LogP contribution in [0.15, 0.2) is 67.3 Å². The van der Waals surface area contributed by atoms with Crippen molar-refractivity contribution in [3.05, 3.63) is 72.8 Å². The topological polar surface area (TPSA) is 59.0 Å². The van der Waals surface area contributed by atoms with Crippen molar-refractivity contribution in [3.63, 3.8) is 0 Å². The van der Waals surface area contributed by atoms with E-state index in [4.69, 9.17) is 0 Å². The molecule has 1 aromatic heterocycles. The molecule has 2 N–H and O–H groups in total. The van der Waals surface area contributed by atoms with Gasteiger partial charge in [-0.1, -0.05) is 18.2 Å². The minimum absolute atomic E-state index is 0.0151. The van der Waals surface area contributed by atoms with Crippen LogP contribution in [0.3, 0.4) is 0 Å². The molecule has 3 rings (SSSR count). The average molecular weight is 346 g/mol. The van der Waals surface area contributed by atoms with Gasteiger partial charge in [-0.25, -0.2) is 9.78 Å². The summed E-state index contributed by atoms with van der Waals surface area (Å²) in [5, 5.41) is 5.03. The van der Waals surface area contributed by atoms with Gasteiger partial charge in [0.15, 0.2) is 0 Å². The Bertz CT molecular complexity index is 861. The van der Waals surface area contributed by atoms with Crippen molar-refractivity contribution in [2.24, 2.45) is 0 Å². The summed E-state index contributed by atoms with van der Waals surface area (Å²) < 4.78 is 40.4.